The number of hydrogen-bond acceptors (Lipinski definition) is 4. The zero-order valence-electron chi connectivity index (χ0n) is 8.83. The van der Waals surface area contributed by atoms with Crippen LogP contribution in [0.25, 0.3) is 0 Å². The lowest BCUT2D eigenvalue weighted by atomic mass is 9.97. The van der Waals surface area contributed by atoms with E-state index in [9.17, 15) is 19.8 Å². The second-order valence-corrected chi connectivity index (χ2v) is 3.48. The van der Waals surface area contributed by atoms with Crippen molar-refractivity contribution in [3.05, 3.63) is 29.3 Å². The van der Waals surface area contributed by atoms with Gasteiger partial charge in [-0.2, -0.15) is 0 Å². The first-order valence-electron chi connectivity index (χ1n) is 4.87. The molecule has 4 N–H and O–H groups in total. The van der Waals surface area contributed by atoms with Crippen molar-refractivity contribution in [2.24, 2.45) is 0 Å². The van der Waals surface area contributed by atoms with Gasteiger partial charge in [0.1, 0.15) is 5.75 Å². The number of phenolic OH excluding ortho intramolecular Hbond substituents is 1. The molecule has 0 radical (unpaired) electrons. The Balaban J connectivity index is 3.08. The molecule has 0 aliphatic carbocycles. The minimum absolute atomic E-state index is 0.0450. The third-order valence-electron chi connectivity index (χ3n) is 2.29. The van der Waals surface area contributed by atoms with Crippen LogP contribution >= 0.6 is 0 Å². The molecule has 0 saturated heterocycles. The monoisotopic (exact) mass is 240 g/mol. The second kappa shape index (κ2) is 5.31. The summed E-state index contributed by atoms with van der Waals surface area (Å²) >= 11 is 0. The zero-order chi connectivity index (χ0) is 13.0. The minimum Gasteiger partial charge on any atom is -0.508 e. The van der Waals surface area contributed by atoms with E-state index in [-0.39, 0.29) is 24.2 Å². The van der Waals surface area contributed by atoms with Crippen LogP contribution in [-0.4, -0.2) is 32.4 Å². The maximum absolute atomic E-state index is 10.7. The van der Waals surface area contributed by atoms with Crippen molar-refractivity contribution in [3.8, 4) is 5.75 Å². The number of carbonyl (C=O) groups is 2. The van der Waals surface area contributed by atoms with Crippen molar-refractivity contribution in [2.45, 2.75) is 18.9 Å². The maximum atomic E-state index is 10.7. The molecule has 1 unspecified atom stereocenters. The Morgan fingerprint density at radius 3 is 2.41 bits per heavy atom. The Kier molecular flexibility index (Phi) is 4.06. The van der Waals surface area contributed by atoms with Crippen molar-refractivity contribution in [3.63, 3.8) is 0 Å². The third kappa shape index (κ3) is 3.18. The number of hydrogen-bond donors (Lipinski definition) is 4. The maximum Gasteiger partial charge on any atom is 0.337 e. The average molecular weight is 240 g/mol. The Bertz CT molecular complexity index is 440. The molecule has 6 heteroatoms. The third-order valence-corrected chi connectivity index (χ3v) is 2.29. The van der Waals surface area contributed by atoms with Crippen molar-refractivity contribution < 1.29 is 30.0 Å². The molecule has 1 rings (SSSR count). The first kappa shape index (κ1) is 13.0. The van der Waals surface area contributed by atoms with E-state index in [1.54, 1.807) is 0 Å². The molecule has 0 heterocycles. The van der Waals surface area contributed by atoms with Gasteiger partial charge in [0, 0.05) is 12.0 Å². The fourth-order valence-electron chi connectivity index (χ4n) is 1.50. The summed E-state index contributed by atoms with van der Waals surface area (Å²) in [5.41, 5.74) is 0.156. The smallest absolute Gasteiger partial charge is 0.337 e. The fraction of sp³-hybridized carbons (Fsp3) is 0.273. The predicted molar refractivity (Wildman–Crippen MR) is 56.7 cm³/mol. The molecule has 0 aliphatic heterocycles. The Labute approximate surface area is 96.8 Å². The fourth-order valence-corrected chi connectivity index (χ4v) is 1.50. The number of benzene rings is 1. The van der Waals surface area contributed by atoms with Crippen molar-refractivity contribution in [1.82, 2.24) is 0 Å². The van der Waals surface area contributed by atoms with Gasteiger partial charge in [0.25, 0.3) is 0 Å². The summed E-state index contributed by atoms with van der Waals surface area (Å²) in [7, 11) is 0. The van der Waals surface area contributed by atoms with Crippen LogP contribution in [0.3, 0.4) is 0 Å². The van der Waals surface area contributed by atoms with Gasteiger partial charge in [0.15, 0.2) is 6.10 Å². The summed E-state index contributed by atoms with van der Waals surface area (Å²) < 4.78 is 0. The van der Waals surface area contributed by atoms with Gasteiger partial charge in [-0.05, 0) is 18.1 Å². The van der Waals surface area contributed by atoms with E-state index >= 15 is 0 Å². The minimum atomic E-state index is -1.86. The van der Waals surface area contributed by atoms with Crippen LogP contribution in [0, 0.1) is 0 Å². The molecule has 92 valence electrons. The molecule has 17 heavy (non-hydrogen) atoms. The summed E-state index contributed by atoms with van der Waals surface area (Å²) in [5, 5.41) is 36.1. The Morgan fingerprint density at radius 1 is 1.24 bits per heavy atom. The number of carboxylic acid groups (broad SMARTS) is 2. The van der Waals surface area contributed by atoms with Crippen LogP contribution < -0.4 is 0 Å². The zero-order valence-corrected chi connectivity index (χ0v) is 8.83. The van der Waals surface area contributed by atoms with Crippen LogP contribution in [0.15, 0.2) is 18.2 Å². The highest BCUT2D eigenvalue weighted by molar-refractivity contribution is 5.76. The first-order valence-corrected chi connectivity index (χ1v) is 4.87. The lowest BCUT2D eigenvalue weighted by molar-refractivity contribution is -0.147. The summed E-state index contributed by atoms with van der Waals surface area (Å²) in [6, 6.07) is 4.18. The lowest BCUT2D eigenvalue weighted by Gasteiger charge is -2.13. The van der Waals surface area contributed by atoms with Gasteiger partial charge in [-0.25, -0.2) is 4.79 Å². The van der Waals surface area contributed by atoms with Crippen LogP contribution in [0.2, 0.25) is 0 Å². The molecule has 0 aromatic heterocycles. The van der Waals surface area contributed by atoms with Gasteiger partial charge in [0.2, 0.25) is 0 Å². The van der Waals surface area contributed by atoms with E-state index < -0.39 is 18.0 Å². The van der Waals surface area contributed by atoms with Gasteiger partial charge in [-0.15, -0.1) is 0 Å². The molecule has 1 aromatic rings. The van der Waals surface area contributed by atoms with Crippen LogP contribution in [-0.2, 0) is 16.0 Å². The number of aliphatic hydroxyl groups excluding tert-OH is 1. The quantitative estimate of drug-likeness (QED) is 0.596. The number of phenols is 1. The van der Waals surface area contributed by atoms with Crippen LogP contribution in [0.4, 0.5) is 0 Å². The lowest BCUT2D eigenvalue weighted by Crippen LogP contribution is -2.13. The van der Waals surface area contributed by atoms with Crippen LogP contribution in [0.1, 0.15) is 23.7 Å². The molecular weight excluding hydrogens is 228 g/mol. The summed E-state index contributed by atoms with van der Waals surface area (Å²) in [6.45, 7) is 0. The molecule has 0 spiro atoms. The molecule has 0 fully saturated rings. The predicted octanol–water partition coefficient (Wildman–Crippen LogP) is 0.527. The van der Waals surface area contributed by atoms with Gasteiger partial charge >= 0.3 is 11.9 Å². The highest BCUT2D eigenvalue weighted by Gasteiger charge is 2.23. The topological polar surface area (TPSA) is 115 Å². The van der Waals surface area contributed by atoms with E-state index in [2.05, 4.69) is 0 Å². The second-order valence-electron chi connectivity index (χ2n) is 3.48. The van der Waals surface area contributed by atoms with E-state index in [1.807, 2.05) is 0 Å². The van der Waals surface area contributed by atoms with Crippen molar-refractivity contribution >= 4 is 11.9 Å². The van der Waals surface area contributed by atoms with Gasteiger partial charge in [-0.3, -0.25) is 4.79 Å². The molecule has 1 aromatic carbocycles. The molecule has 6 nitrogen and oxygen atoms in total. The number of aliphatic hydroxyl groups is 1. The van der Waals surface area contributed by atoms with E-state index in [0.29, 0.717) is 5.56 Å². The Morgan fingerprint density at radius 2 is 1.88 bits per heavy atom. The van der Waals surface area contributed by atoms with E-state index in [1.165, 1.54) is 18.2 Å². The SMILES string of the molecule is O=C(O)CCc1cccc(O)c1C(O)C(=O)O. The standard InChI is InChI=1S/C11H12O6/c12-7-3-1-2-6(4-5-8(13)14)9(7)10(15)11(16)17/h1-3,10,12,15H,4-5H2,(H,13,14)(H,16,17). The molecule has 0 bridgehead atoms. The van der Waals surface area contributed by atoms with Crippen LogP contribution in [0.5, 0.6) is 5.75 Å². The summed E-state index contributed by atoms with van der Waals surface area (Å²) in [4.78, 5) is 21.1. The average Bonchev–Trinajstić information content (AvgIpc) is 2.25. The molecule has 0 saturated carbocycles. The van der Waals surface area contributed by atoms with Crippen molar-refractivity contribution in [1.29, 1.82) is 0 Å². The summed E-state index contributed by atoms with van der Waals surface area (Å²) in [5.74, 6) is -2.89. The molecule has 0 aliphatic rings. The number of rotatable bonds is 5. The number of aryl methyl sites for hydroxylation is 1. The highest BCUT2D eigenvalue weighted by atomic mass is 16.4. The Hall–Kier alpha value is -2.08. The molecule has 0 amide bonds. The molecule has 1 atom stereocenters. The first-order chi connectivity index (χ1) is 7.93. The summed E-state index contributed by atoms with van der Waals surface area (Å²) in [6.07, 6.45) is -2.02. The normalized spacial score (nSPS) is 12.1. The van der Waals surface area contributed by atoms with E-state index in [0.717, 1.165) is 0 Å². The molecular formula is C11H12O6. The number of aromatic hydroxyl groups is 1. The van der Waals surface area contributed by atoms with Crippen molar-refractivity contribution in [2.75, 3.05) is 0 Å². The van der Waals surface area contributed by atoms with Gasteiger partial charge < -0.3 is 20.4 Å². The largest absolute Gasteiger partial charge is 0.508 e. The van der Waals surface area contributed by atoms with Gasteiger partial charge in [-0.1, -0.05) is 12.1 Å². The number of carboxylic acids is 2. The van der Waals surface area contributed by atoms with Gasteiger partial charge in [0.05, 0.1) is 0 Å². The highest BCUT2D eigenvalue weighted by Crippen LogP contribution is 2.28. The van der Waals surface area contributed by atoms with E-state index in [4.69, 9.17) is 10.2 Å². The number of aliphatic carboxylic acids is 2.